The summed E-state index contributed by atoms with van der Waals surface area (Å²) >= 11 is 9.10. The Balaban J connectivity index is 1.87. The van der Waals surface area contributed by atoms with E-state index >= 15 is 0 Å². The van der Waals surface area contributed by atoms with E-state index in [1.165, 1.54) is 61.9 Å². The molecular formula is C20H14BrClN2O6S. The summed E-state index contributed by atoms with van der Waals surface area (Å²) in [7, 11) is -2.75. The van der Waals surface area contributed by atoms with Gasteiger partial charge in [0.25, 0.3) is 5.69 Å². The molecule has 0 bridgehead atoms. The molecular weight excluding hydrogens is 512 g/mol. The third-order valence-corrected chi connectivity index (χ3v) is 6.05. The summed E-state index contributed by atoms with van der Waals surface area (Å²) in [4.78, 5) is 14.4. The number of hydrogen-bond donors (Lipinski definition) is 0. The van der Waals surface area contributed by atoms with Gasteiger partial charge in [0.2, 0.25) is 0 Å². The number of non-ortho nitro benzene ring substituents is 1. The quantitative estimate of drug-likeness (QED) is 0.173. The molecule has 0 radical (unpaired) electrons. The summed E-state index contributed by atoms with van der Waals surface area (Å²) in [5.41, 5.74) is 1.05. The fourth-order valence-electron chi connectivity index (χ4n) is 2.46. The fraction of sp³-hybridized carbons (Fsp3) is 0.0500. The number of methoxy groups -OCH3 is 1. The van der Waals surface area contributed by atoms with Gasteiger partial charge in [-0.25, -0.2) is 0 Å². The standard InChI is InChI=1S/C20H14BrClN2O6S/c1-29-19-11-13(12-23-15-4-6-16(7-5-15)24(25)26)10-18(21)20(19)30-31(27,28)17-8-2-14(22)3-9-17/h2-12H,1H3. The minimum Gasteiger partial charge on any atom is -0.493 e. The van der Waals surface area contributed by atoms with E-state index in [4.69, 9.17) is 20.5 Å². The van der Waals surface area contributed by atoms with Gasteiger partial charge in [-0.05, 0) is 70.0 Å². The molecule has 11 heteroatoms. The number of ether oxygens (including phenoxy) is 1. The molecule has 0 amide bonds. The maximum Gasteiger partial charge on any atom is 0.339 e. The predicted molar refractivity (Wildman–Crippen MR) is 120 cm³/mol. The van der Waals surface area contributed by atoms with Gasteiger partial charge >= 0.3 is 10.1 Å². The Labute approximate surface area is 191 Å². The Morgan fingerprint density at radius 3 is 2.32 bits per heavy atom. The van der Waals surface area contributed by atoms with Crippen molar-refractivity contribution in [3.05, 3.63) is 85.8 Å². The topological polar surface area (TPSA) is 108 Å². The summed E-state index contributed by atoms with van der Waals surface area (Å²) in [6.07, 6.45) is 1.51. The second-order valence-corrected chi connectivity index (χ2v) is 8.89. The molecule has 0 aliphatic carbocycles. The summed E-state index contributed by atoms with van der Waals surface area (Å²) in [6.45, 7) is 0. The molecule has 0 saturated carbocycles. The molecule has 0 spiro atoms. The fourth-order valence-corrected chi connectivity index (χ4v) is 4.19. The molecule has 0 aliphatic rings. The zero-order valence-electron chi connectivity index (χ0n) is 15.9. The predicted octanol–water partition coefficient (Wildman–Crippen LogP) is 5.54. The Hall–Kier alpha value is -2.95. The maximum absolute atomic E-state index is 12.6. The molecule has 0 heterocycles. The maximum atomic E-state index is 12.6. The van der Waals surface area contributed by atoms with Crippen LogP contribution in [0, 0.1) is 10.1 Å². The minimum absolute atomic E-state index is 0.0232. The first kappa shape index (κ1) is 22.7. The molecule has 0 N–H and O–H groups in total. The molecule has 8 nitrogen and oxygen atoms in total. The van der Waals surface area contributed by atoms with Gasteiger partial charge in [-0.3, -0.25) is 15.1 Å². The molecule has 0 saturated heterocycles. The zero-order valence-corrected chi connectivity index (χ0v) is 19.0. The molecule has 0 aliphatic heterocycles. The van der Waals surface area contributed by atoms with Gasteiger partial charge in [0.15, 0.2) is 11.5 Å². The normalized spacial score (nSPS) is 11.5. The van der Waals surface area contributed by atoms with Crippen molar-refractivity contribution in [1.29, 1.82) is 0 Å². The van der Waals surface area contributed by atoms with Crippen molar-refractivity contribution in [3.8, 4) is 11.5 Å². The molecule has 160 valence electrons. The number of nitro benzene ring substituents is 1. The van der Waals surface area contributed by atoms with Crippen LogP contribution in [0.3, 0.4) is 0 Å². The largest absolute Gasteiger partial charge is 0.493 e. The van der Waals surface area contributed by atoms with Gasteiger partial charge < -0.3 is 8.92 Å². The molecule has 3 rings (SSSR count). The highest BCUT2D eigenvalue weighted by atomic mass is 79.9. The van der Waals surface area contributed by atoms with Crippen molar-refractivity contribution < 1.29 is 22.3 Å². The van der Waals surface area contributed by atoms with Crippen LogP contribution >= 0.6 is 27.5 Å². The third kappa shape index (κ3) is 5.60. The van der Waals surface area contributed by atoms with Gasteiger partial charge in [-0.2, -0.15) is 8.42 Å². The smallest absolute Gasteiger partial charge is 0.339 e. The van der Waals surface area contributed by atoms with Crippen LogP contribution in [0.15, 0.2) is 75.0 Å². The minimum atomic E-state index is -4.12. The van der Waals surface area contributed by atoms with E-state index in [-0.39, 0.29) is 22.1 Å². The SMILES string of the molecule is COc1cc(C=Nc2ccc([N+](=O)[O-])cc2)cc(Br)c1OS(=O)(=O)c1ccc(Cl)cc1. The molecule has 0 unspecified atom stereocenters. The molecule has 31 heavy (non-hydrogen) atoms. The van der Waals surface area contributed by atoms with E-state index < -0.39 is 15.0 Å². The number of aliphatic imine (C=N–C) groups is 1. The van der Waals surface area contributed by atoms with E-state index in [9.17, 15) is 18.5 Å². The number of benzene rings is 3. The van der Waals surface area contributed by atoms with Crippen LogP contribution in [-0.4, -0.2) is 26.7 Å². The average molecular weight is 526 g/mol. The number of nitrogens with zero attached hydrogens (tertiary/aromatic N) is 2. The van der Waals surface area contributed by atoms with Crippen molar-refractivity contribution in [3.63, 3.8) is 0 Å². The lowest BCUT2D eigenvalue weighted by Gasteiger charge is -2.13. The molecule has 0 fully saturated rings. The first-order valence-corrected chi connectivity index (χ1v) is 11.1. The summed E-state index contributed by atoms with van der Waals surface area (Å²) in [5, 5.41) is 11.1. The van der Waals surface area contributed by atoms with Crippen LogP contribution in [-0.2, 0) is 10.1 Å². The van der Waals surface area contributed by atoms with Crippen LogP contribution in [0.2, 0.25) is 5.02 Å². The Morgan fingerprint density at radius 2 is 1.74 bits per heavy atom. The highest BCUT2D eigenvalue weighted by molar-refractivity contribution is 9.10. The van der Waals surface area contributed by atoms with E-state index in [1.54, 1.807) is 12.1 Å². The number of hydrogen-bond acceptors (Lipinski definition) is 7. The van der Waals surface area contributed by atoms with E-state index in [0.717, 1.165) is 0 Å². The van der Waals surface area contributed by atoms with Crippen molar-refractivity contribution in [2.24, 2.45) is 4.99 Å². The monoisotopic (exact) mass is 524 g/mol. The van der Waals surface area contributed by atoms with Crippen LogP contribution < -0.4 is 8.92 Å². The Kier molecular flexibility index (Phi) is 6.94. The van der Waals surface area contributed by atoms with Gasteiger partial charge in [-0.15, -0.1) is 0 Å². The van der Waals surface area contributed by atoms with Crippen LogP contribution in [0.4, 0.5) is 11.4 Å². The number of nitro groups is 1. The number of rotatable bonds is 7. The second kappa shape index (κ2) is 9.46. The summed E-state index contributed by atoms with van der Waals surface area (Å²) in [6, 6.07) is 14.4. The lowest BCUT2D eigenvalue weighted by atomic mass is 10.2. The van der Waals surface area contributed by atoms with Crippen molar-refractivity contribution >= 4 is 55.2 Å². The summed E-state index contributed by atoms with van der Waals surface area (Å²) < 4.78 is 36.1. The van der Waals surface area contributed by atoms with Gasteiger partial charge in [-0.1, -0.05) is 11.6 Å². The van der Waals surface area contributed by atoms with Crippen molar-refractivity contribution in [2.75, 3.05) is 7.11 Å². The second-order valence-electron chi connectivity index (χ2n) is 6.06. The van der Waals surface area contributed by atoms with Gasteiger partial charge in [0, 0.05) is 23.4 Å². The van der Waals surface area contributed by atoms with Crippen molar-refractivity contribution in [2.45, 2.75) is 4.90 Å². The highest BCUT2D eigenvalue weighted by Crippen LogP contribution is 2.38. The van der Waals surface area contributed by atoms with Crippen LogP contribution in [0.25, 0.3) is 0 Å². The van der Waals surface area contributed by atoms with Crippen LogP contribution in [0.5, 0.6) is 11.5 Å². The van der Waals surface area contributed by atoms with Crippen LogP contribution in [0.1, 0.15) is 5.56 Å². The number of halogens is 2. The third-order valence-electron chi connectivity index (χ3n) is 3.97. The highest BCUT2D eigenvalue weighted by Gasteiger charge is 2.22. The van der Waals surface area contributed by atoms with Gasteiger partial charge in [0.05, 0.1) is 22.2 Å². The lowest BCUT2D eigenvalue weighted by Crippen LogP contribution is -2.11. The van der Waals surface area contributed by atoms with E-state index in [2.05, 4.69) is 20.9 Å². The first-order valence-electron chi connectivity index (χ1n) is 8.56. The summed E-state index contributed by atoms with van der Waals surface area (Å²) in [5.74, 6) is 0.141. The molecule has 3 aromatic rings. The molecule has 0 atom stereocenters. The Morgan fingerprint density at radius 1 is 1.10 bits per heavy atom. The zero-order chi connectivity index (χ0) is 22.6. The molecule has 0 aromatic heterocycles. The van der Waals surface area contributed by atoms with Gasteiger partial charge in [0.1, 0.15) is 4.90 Å². The van der Waals surface area contributed by atoms with Crippen molar-refractivity contribution in [1.82, 2.24) is 0 Å². The lowest BCUT2D eigenvalue weighted by molar-refractivity contribution is -0.384. The first-order chi connectivity index (χ1) is 14.7. The van der Waals surface area contributed by atoms with E-state index in [1.807, 2.05) is 0 Å². The Bertz CT molecular complexity index is 1250. The van der Waals surface area contributed by atoms with E-state index in [0.29, 0.717) is 20.7 Å². The molecule has 3 aromatic carbocycles. The average Bonchev–Trinajstić information content (AvgIpc) is 2.74.